The van der Waals surface area contributed by atoms with Gasteiger partial charge in [-0.1, -0.05) is 110 Å². The zero-order valence-electron chi connectivity index (χ0n) is 22.5. The lowest BCUT2D eigenvalue weighted by molar-refractivity contribution is -0.119. The average Bonchev–Trinajstić information content (AvgIpc) is 3.03. The first-order chi connectivity index (χ1) is 20.0. The highest BCUT2D eigenvalue weighted by molar-refractivity contribution is 6.04. The van der Waals surface area contributed by atoms with Gasteiger partial charge in [-0.05, 0) is 63.7 Å². The lowest BCUT2D eigenvalue weighted by atomic mass is 9.93. The fraction of sp³-hybridized carbons (Fsp3) is 0.0833. The smallest absolute Gasteiger partial charge is 0.252 e. The molecule has 5 aromatic rings. The molecule has 0 heterocycles. The van der Waals surface area contributed by atoms with E-state index < -0.39 is 6.04 Å². The summed E-state index contributed by atoms with van der Waals surface area (Å²) in [5.74, 6) is -1.02. The molecule has 0 radical (unpaired) electrons. The molecule has 0 bridgehead atoms. The maximum Gasteiger partial charge on any atom is 0.252 e. The maximum absolute atomic E-state index is 13.7. The van der Waals surface area contributed by atoms with Crippen molar-refractivity contribution in [2.75, 3.05) is 6.54 Å². The van der Waals surface area contributed by atoms with Gasteiger partial charge in [0.15, 0.2) is 5.78 Å². The van der Waals surface area contributed by atoms with E-state index in [-0.39, 0.29) is 24.1 Å². The van der Waals surface area contributed by atoms with E-state index in [0.717, 1.165) is 21.9 Å². The molecule has 1 atom stereocenters. The Balaban J connectivity index is 1.37. The number of ketones is 1. The van der Waals surface area contributed by atoms with Crippen LogP contribution in [0.2, 0.25) is 0 Å². The van der Waals surface area contributed by atoms with Gasteiger partial charge in [0.2, 0.25) is 0 Å². The number of rotatable bonds is 10. The monoisotopic (exact) mass is 538 g/mol. The van der Waals surface area contributed by atoms with E-state index in [9.17, 15) is 14.4 Å². The topological polar surface area (TPSA) is 75.3 Å². The van der Waals surface area contributed by atoms with Crippen LogP contribution in [0.15, 0.2) is 134 Å². The molecule has 2 N–H and O–H groups in total. The zero-order valence-corrected chi connectivity index (χ0v) is 22.5. The molecule has 0 aliphatic heterocycles. The van der Waals surface area contributed by atoms with Crippen LogP contribution < -0.4 is 10.6 Å². The summed E-state index contributed by atoms with van der Waals surface area (Å²) < 4.78 is 0. The standard InChI is InChI=1S/C36H30N2O3/c1-25(29-21-20-27-14-8-9-17-30(27)23-29)31-18-10-11-19-32(31)36(41)38-33(22-26-12-4-2-5-13-26)34(39)24-37-35(40)28-15-6-3-7-16-28/h2-21,23,33H,1,22,24H2,(H,37,40)(H,38,41)/t33-/m0/s1. The number of hydrogen-bond acceptors (Lipinski definition) is 3. The van der Waals surface area contributed by atoms with Crippen LogP contribution in [0.4, 0.5) is 0 Å². The number of fused-ring (bicyclic) bond motifs is 1. The van der Waals surface area contributed by atoms with E-state index in [1.807, 2.05) is 78.9 Å². The summed E-state index contributed by atoms with van der Waals surface area (Å²) in [5.41, 5.74) is 4.08. The summed E-state index contributed by atoms with van der Waals surface area (Å²) in [7, 11) is 0. The first-order valence-corrected chi connectivity index (χ1v) is 13.5. The molecule has 5 aromatic carbocycles. The second kappa shape index (κ2) is 12.7. The molecule has 0 aromatic heterocycles. The summed E-state index contributed by atoms with van der Waals surface area (Å²) >= 11 is 0. The lowest BCUT2D eigenvalue weighted by Gasteiger charge is -2.20. The molecule has 2 amide bonds. The number of hydrogen-bond donors (Lipinski definition) is 2. The summed E-state index contributed by atoms with van der Waals surface area (Å²) in [6.45, 7) is 4.10. The predicted molar refractivity (Wildman–Crippen MR) is 164 cm³/mol. The first-order valence-electron chi connectivity index (χ1n) is 13.5. The van der Waals surface area contributed by atoms with Crippen molar-refractivity contribution >= 4 is 33.9 Å². The summed E-state index contributed by atoms with van der Waals surface area (Å²) in [5, 5.41) is 7.83. The van der Waals surface area contributed by atoms with E-state index in [0.29, 0.717) is 28.7 Å². The van der Waals surface area contributed by atoms with E-state index in [1.165, 1.54) is 0 Å². The fourth-order valence-electron chi connectivity index (χ4n) is 4.79. The molecule has 5 nitrogen and oxygen atoms in total. The van der Waals surface area contributed by atoms with E-state index in [4.69, 9.17) is 0 Å². The number of benzene rings is 5. The second-order valence-corrected chi connectivity index (χ2v) is 9.82. The van der Waals surface area contributed by atoms with Gasteiger partial charge < -0.3 is 10.6 Å². The highest BCUT2D eigenvalue weighted by atomic mass is 16.2. The minimum atomic E-state index is -0.844. The third-order valence-electron chi connectivity index (χ3n) is 7.03. The summed E-state index contributed by atoms with van der Waals surface area (Å²) in [6.07, 6.45) is 0.292. The third-order valence-corrected chi connectivity index (χ3v) is 7.03. The molecular weight excluding hydrogens is 508 g/mol. The van der Waals surface area contributed by atoms with Crippen molar-refractivity contribution in [2.45, 2.75) is 12.5 Å². The number of amides is 2. The maximum atomic E-state index is 13.7. The van der Waals surface area contributed by atoms with E-state index in [1.54, 1.807) is 36.4 Å². The first kappa shape index (κ1) is 27.3. The number of carbonyl (C=O) groups is 3. The van der Waals surface area contributed by atoms with E-state index >= 15 is 0 Å². The van der Waals surface area contributed by atoms with Crippen molar-refractivity contribution in [1.29, 1.82) is 0 Å². The number of nitrogens with one attached hydrogen (secondary N) is 2. The van der Waals surface area contributed by atoms with Gasteiger partial charge in [-0.2, -0.15) is 0 Å². The van der Waals surface area contributed by atoms with Crippen LogP contribution in [0.3, 0.4) is 0 Å². The van der Waals surface area contributed by atoms with E-state index in [2.05, 4.69) is 29.3 Å². The van der Waals surface area contributed by atoms with Crippen molar-refractivity contribution in [3.8, 4) is 0 Å². The van der Waals surface area contributed by atoms with Crippen molar-refractivity contribution in [3.63, 3.8) is 0 Å². The van der Waals surface area contributed by atoms with Gasteiger partial charge in [0.25, 0.3) is 11.8 Å². The minimum absolute atomic E-state index is 0.211. The molecule has 0 fully saturated rings. The molecule has 0 saturated heterocycles. The van der Waals surface area contributed by atoms with Gasteiger partial charge in [-0.15, -0.1) is 0 Å². The van der Waals surface area contributed by atoms with Crippen LogP contribution in [0.25, 0.3) is 16.3 Å². The van der Waals surface area contributed by atoms with Gasteiger partial charge in [0.1, 0.15) is 0 Å². The molecule has 0 spiro atoms. The van der Waals surface area contributed by atoms with Crippen LogP contribution in [0.1, 0.15) is 37.4 Å². The van der Waals surface area contributed by atoms with Crippen molar-refractivity contribution in [1.82, 2.24) is 10.6 Å². The average molecular weight is 539 g/mol. The van der Waals surface area contributed by atoms with Gasteiger partial charge in [-0.3, -0.25) is 14.4 Å². The Morgan fingerprint density at radius 2 is 1.22 bits per heavy atom. The van der Waals surface area contributed by atoms with Gasteiger partial charge in [0.05, 0.1) is 12.6 Å². The summed E-state index contributed by atoms with van der Waals surface area (Å²) in [6, 6.07) is 38.8. The molecule has 5 heteroatoms. The van der Waals surface area contributed by atoms with Crippen LogP contribution in [0, 0.1) is 0 Å². The SMILES string of the molecule is C=C(c1ccc2ccccc2c1)c1ccccc1C(=O)N[C@@H](Cc1ccccc1)C(=O)CNC(=O)c1ccccc1. The fourth-order valence-corrected chi connectivity index (χ4v) is 4.79. The van der Waals surface area contributed by atoms with Gasteiger partial charge >= 0.3 is 0 Å². The highest BCUT2D eigenvalue weighted by Crippen LogP contribution is 2.27. The molecule has 41 heavy (non-hydrogen) atoms. The summed E-state index contributed by atoms with van der Waals surface area (Å²) in [4.78, 5) is 39.6. The third kappa shape index (κ3) is 6.65. The van der Waals surface area contributed by atoms with Crippen molar-refractivity contribution in [3.05, 3.63) is 162 Å². The zero-order chi connectivity index (χ0) is 28.6. The molecule has 202 valence electrons. The highest BCUT2D eigenvalue weighted by Gasteiger charge is 2.24. The van der Waals surface area contributed by atoms with Crippen LogP contribution >= 0.6 is 0 Å². The van der Waals surface area contributed by atoms with Gasteiger partial charge in [-0.25, -0.2) is 0 Å². The molecule has 0 saturated carbocycles. The number of Topliss-reactive ketones (excluding diaryl/α,β-unsaturated/α-hetero) is 1. The van der Waals surface area contributed by atoms with Crippen LogP contribution in [0.5, 0.6) is 0 Å². The lowest BCUT2D eigenvalue weighted by Crippen LogP contribution is -2.46. The van der Waals surface area contributed by atoms with Crippen LogP contribution in [-0.2, 0) is 11.2 Å². The Morgan fingerprint density at radius 3 is 1.95 bits per heavy atom. The van der Waals surface area contributed by atoms with Gasteiger partial charge in [0, 0.05) is 11.1 Å². The Morgan fingerprint density at radius 1 is 0.610 bits per heavy atom. The number of carbonyl (C=O) groups excluding carboxylic acids is 3. The Labute approximate surface area is 239 Å². The Hall–Kier alpha value is -5.29. The Bertz CT molecular complexity index is 1710. The largest absolute Gasteiger partial charge is 0.345 e. The molecule has 0 aliphatic carbocycles. The van der Waals surface area contributed by atoms with Crippen LogP contribution in [-0.4, -0.2) is 30.2 Å². The Kier molecular flexibility index (Phi) is 8.46. The predicted octanol–water partition coefficient (Wildman–Crippen LogP) is 6.24. The normalized spacial score (nSPS) is 11.4. The second-order valence-electron chi connectivity index (χ2n) is 9.82. The van der Waals surface area contributed by atoms with Crippen molar-refractivity contribution in [2.24, 2.45) is 0 Å². The molecular formula is C36H30N2O3. The molecule has 0 unspecified atom stereocenters. The molecule has 5 rings (SSSR count). The molecule has 0 aliphatic rings. The minimum Gasteiger partial charge on any atom is -0.345 e. The van der Waals surface area contributed by atoms with Crippen molar-refractivity contribution < 1.29 is 14.4 Å². The quantitative estimate of drug-likeness (QED) is 0.221.